The highest BCUT2D eigenvalue weighted by Crippen LogP contribution is 2.37. The second-order valence-electron chi connectivity index (χ2n) is 3.50. The van der Waals surface area contributed by atoms with E-state index in [-0.39, 0.29) is 0 Å². The average Bonchev–Trinajstić information content (AvgIpc) is 2.58. The summed E-state index contributed by atoms with van der Waals surface area (Å²) < 4.78 is 37.4. The largest absolute Gasteiger partial charge is 0.416 e. The van der Waals surface area contributed by atoms with E-state index in [0.29, 0.717) is 5.56 Å². The van der Waals surface area contributed by atoms with Crippen LogP contribution in [0.15, 0.2) is 24.3 Å². The van der Waals surface area contributed by atoms with Crippen molar-refractivity contribution in [3.05, 3.63) is 35.4 Å². The van der Waals surface area contributed by atoms with Gasteiger partial charge in [-0.05, 0) is 17.7 Å². The van der Waals surface area contributed by atoms with Crippen LogP contribution in [0, 0.1) is 0 Å². The first-order valence-electron chi connectivity index (χ1n) is 4.69. The zero-order chi connectivity index (χ0) is 12.6. The molecule has 2 atom stereocenters. The van der Waals surface area contributed by atoms with Crippen molar-refractivity contribution in [3.63, 3.8) is 0 Å². The van der Waals surface area contributed by atoms with Crippen molar-refractivity contribution in [2.45, 2.75) is 17.0 Å². The summed E-state index contributed by atoms with van der Waals surface area (Å²) in [5.41, 5.74) is -1.68. The molecule has 1 aliphatic heterocycles. The molecule has 1 aliphatic rings. The molecule has 1 aromatic carbocycles. The first-order valence-corrected chi connectivity index (χ1v) is 5.63. The number of aliphatic hydroxyl groups is 1. The average molecular weight is 263 g/mol. The van der Waals surface area contributed by atoms with E-state index in [0.717, 1.165) is 23.9 Å². The summed E-state index contributed by atoms with van der Waals surface area (Å²) in [5, 5.41) is 11.0. The Hall–Kier alpha value is -1.21. The molecule has 92 valence electrons. The van der Waals surface area contributed by atoms with Gasteiger partial charge in [-0.25, -0.2) is 0 Å². The number of aliphatic hydroxyl groups excluding tert-OH is 1. The second-order valence-corrected chi connectivity index (χ2v) is 4.69. The molecule has 0 radical (unpaired) electrons. The van der Waals surface area contributed by atoms with Crippen molar-refractivity contribution in [3.8, 4) is 0 Å². The Morgan fingerprint density at radius 1 is 1.35 bits per heavy atom. The van der Waals surface area contributed by atoms with Gasteiger partial charge < -0.3 is 10.4 Å². The molecular weight excluding hydrogens is 255 g/mol. The van der Waals surface area contributed by atoms with Crippen LogP contribution in [0.2, 0.25) is 0 Å². The van der Waals surface area contributed by atoms with E-state index in [1.807, 2.05) is 0 Å². The maximum absolute atomic E-state index is 12.5. The molecule has 0 spiro atoms. The first-order chi connectivity index (χ1) is 7.88. The van der Waals surface area contributed by atoms with Gasteiger partial charge in [0.2, 0.25) is 0 Å². The van der Waals surface area contributed by atoms with E-state index in [9.17, 15) is 23.1 Å². The standard InChI is InChI=1S/C10H8F3NO2S/c11-10(12,13)6-3-1-2-5(4-6)8-14-7(15)9(16)17-8/h1-4,8-9,16H,(H,14,15). The summed E-state index contributed by atoms with van der Waals surface area (Å²) in [6.07, 6.45) is -4.41. The molecule has 17 heavy (non-hydrogen) atoms. The number of benzene rings is 1. The SMILES string of the molecule is O=C1NC(c2cccc(C(F)(F)F)c2)SC1O. The monoisotopic (exact) mass is 263 g/mol. The summed E-state index contributed by atoms with van der Waals surface area (Å²) in [5.74, 6) is -0.586. The minimum absolute atomic E-state index is 0.315. The van der Waals surface area contributed by atoms with Crippen molar-refractivity contribution < 1.29 is 23.1 Å². The maximum Gasteiger partial charge on any atom is 0.416 e. The fourth-order valence-electron chi connectivity index (χ4n) is 1.47. The van der Waals surface area contributed by atoms with E-state index < -0.39 is 28.5 Å². The Labute approximate surface area is 99.0 Å². The highest BCUT2D eigenvalue weighted by atomic mass is 32.2. The first kappa shape index (κ1) is 12.3. The predicted octanol–water partition coefficient (Wildman–Crippen LogP) is 1.89. The number of rotatable bonds is 1. The van der Waals surface area contributed by atoms with E-state index in [2.05, 4.69) is 5.32 Å². The van der Waals surface area contributed by atoms with Crippen LogP contribution in [0.1, 0.15) is 16.5 Å². The number of amides is 1. The van der Waals surface area contributed by atoms with Gasteiger partial charge in [-0.15, -0.1) is 0 Å². The Bertz CT molecular complexity index is 449. The number of carbonyl (C=O) groups is 1. The maximum atomic E-state index is 12.5. The van der Waals surface area contributed by atoms with Crippen LogP contribution in [0.3, 0.4) is 0 Å². The molecule has 0 saturated carbocycles. The van der Waals surface area contributed by atoms with Gasteiger partial charge in [0, 0.05) is 0 Å². The number of carbonyl (C=O) groups excluding carboxylic acids is 1. The van der Waals surface area contributed by atoms with Gasteiger partial charge in [0.15, 0.2) is 5.44 Å². The number of thioether (sulfide) groups is 1. The molecule has 0 aromatic heterocycles. The summed E-state index contributed by atoms with van der Waals surface area (Å²) >= 11 is 0.874. The Kier molecular flexibility index (Phi) is 3.05. The van der Waals surface area contributed by atoms with Crippen LogP contribution in [-0.2, 0) is 11.0 Å². The molecule has 2 rings (SSSR count). The molecule has 0 aliphatic carbocycles. The van der Waals surface area contributed by atoms with Gasteiger partial charge in [-0.3, -0.25) is 4.79 Å². The topological polar surface area (TPSA) is 49.3 Å². The molecule has 1 fully saturated rings. The van der Waals surface area contributed by atoms with Crippen molar-refractivity contribution in [1.29, 1.82) is 0 Å². The number of alkyl halides is 3. The van der Waals surface area contributed by atoms with Crippen LogP contribution < -0.4 is 5.32 Å². The van der Waals surface area contributed by atoms with Crippen molar-refractivity contribution in [2.75, 3.05) is 0 Å². The van der Waals surface area contributed by atoms with Crippen LogP contribution >= 0.6 is 11.8 Å². The van der Waals surface area contributed by atoms with E-state index in [1.54, 1.807) is 0 Å². The fourth-order valence-corrected chi connectivity index (χ4v) is 2.40. The lowest BCUT2D eigenvalue weighted by atomic mass is 10.1. The lowest BCUT2D eigenvalue weighted by Crippen LogP contribution is -2.23. The van der Waals surface area contributed by atoms with Crippen molar-refractivity contribution >= 4 is 17.7 Å². The molecule has 1 amide bonds. The third-order valence-corrected chi connectivity index (χ3v) is 3.41. The number of hydrogen-bond donors (Lipinski definition) is 2. The van der Waals surface area contributed by atoms with Gasteiger partial charge in [0.05, 0.1) is 5.56 Å². The molecular formula is C10H8F3NO2S. The zero-order valence-corrected chi connectivity index (χ0v) is 9.18. The quantitative estimate of drug-likeness (QED) is 0.813. The van der Waals surface area contributed by atoms with Gasteiger partial charge in [-0.1, -0.05) is 23.9 Å². The molecule has 2 unspecified atom stereocenters. The summed E-state index contributed by atoms with van der Waals surface area (Å²) in [6.45, 7) is 0. The molecule has 7 heteroatoms. The second kappa shape index (κ2) is 4.23. The van der Waals surface area contributed by atoms with E-state index in [4.69, 9.17) is 0 Å². The lowest BCUT2D eigenvalue weighted by Gasteiger charge is -2.12. The minimum Gasteiger partial charge on any atom is -0.373 e. The van der Waals surface area contributed by atoms with Gasteiger partial charge >= 0.3 is 6.18 Å². The van der Waals surface area contributed by atoms with Crippen LogP contribution in [0.5, 0.6) is 0 Å². The Morgan fingerprint density at radius 2 is 2.06 bits per heavy atom. The van der Waals surface area contributed by atoms with Gasteiger partial charge in [0.25, 0.3) is 5.91 Å². The minimum atomic E-state index is -4.41. The molecule has 1 heterocycles. The van der Waals surface area contributed by atoms with Crippen LogP contribution in [-0.4, -0.2) is 16.4 Å². The number of nitrogens with one attached hydrogen (secondary N) is 1. The lowest BCUT2D eigenvalue weighted by molar-refractivity contribution is -0.137. The summed E-state index contributed by atoms with van der Waals surface area (Å²) in [4.78, 5) is 11.0. The number of hydrogen-bond acceptors (Lipinski definition) is 3. The van der Waals surface area contributed by atoms with Gasteiger partial charge in [-0.2, -0.15) is 13.2 Å². The third-order valence-electron chi connectivity index (χ3n) is 2.28. The molecule has 1 saturated heterocycles. The third kappa shape index (κ3) is 2.55. The zero-order valence-electron chi connectivity index (χ0n) is 8.36. The van der Waals surface area contributed by atoms with E-state index >= 15 is 0 Å². The van der Waals surface area contributed by atoms with Crippen LogP contribution in [0.4, 0.5) is 13.2 Å². The summed E-state index contributed by atoms with van der Waals surface area (Å²) in [6, 6.07) is 4.68. The summed E-state index contributed by atoms with van der Waals surface area (Å²) in [7, 11) is 0. The molecule has 2 N–H and O–H groups in total. The smallest absolute Gasteiger partial charge is 0.373 e. The van der Waals surface area contributed by atoms with Crippen LogP contribution in [0.25, 0.3) is 0 Å². The normalized spacial score (nSPS) is 24.8. The van der Waals surface area contributed by atoms with Crippen molar-refractivity contribution in [2.24, 2.45) is 0 Å². The van der Waals surface area contributed by atoms with Gasteiger partial charge in [0.1, 0.15) is 5.37 Å². The molecule has 0 bridgehead atoms. The molecule has 3 nitrogen and oxygen atoms in total. The molecule has 1 aromatic rings. The fraction of sp³-hybridized carbons (Fsp3) is 0.300. The highest BCUT2D eigenvalue weighted by Gasteiger charge is 2.34. The predicted molar refractivity (Wildman–Crippen MR) is 55.9 cm³/mol. The van der Waals surface area contributed by atoms with E-state index in [1.165, 1.54) is 12.1 Å². The Balaban J connectivity index is 2.26. The highest BCUT2D eigenvalue weighted by molar-refractivity contribution is 8.01. The van der Waals surface area contributed by atoms with Crippen molar-refractivity contribution in [1.82, 2.24) is 5.32 Å². The number of halogens is 3. The Morgan fingerprint density at radius 3 is 2.59 bits per heavy atom.